The topological polar surface area (TPSA) is 134 Å². The third kappa shape index (κ3) is 5.40. The highest BCUT2D eigenvalue weighted by Gasteiger charge is 2.49. The molecule has 3 aromatic heterocycles. The monoisotopic (exact) mass is 515 g/mol. The van der Waals surface area contributed by atoms with E-state index in [1.165, 1.54) is 0 Å². The molecule has 1 N–H and O–H groups in total. The lowest BCUT2D eigenvalue weighted by Crippen LogP contribution is -2.36. The Morgan fingerprint density at radius 1 is 1.06 bits per heavy atom. The maximum Gasteiger partial charge on any atom is 0.240 e. The first-order chi connectivity index (χ1) is 17.1. The Bertz CT molecular complexity index is 1300. The fourth-order valence-electron chi connectivity index (χ4n) is 4.12. The summed E-state index contributed by atoms with van der Waals surface area (Å²) in [5, 5.41) is 7.59. The van der Waals surface area contributed by atoms with Crippen LogP contribution in [0.2, 0.25) is 0 Å². The summed E-state index contributed by atoms with van der Waals surface area (Å²) >= 11 is 0. The van der Waals surface area contributed by atoms with Gasteiger partial charge < -0.3 is 9.47 Å². The molecule has 3 aromatic rings. The van der Waals surface area contributed by atoms with E-state index in [9.17, 15) is 8.42 Å². The van der Waals surface area contributed by atoms with Crippen LogP contribution in [0.4, 0.5) is 5.95 Å². The van der Waals surface area contributed by atoms with E-state index in [-0.39, 0.29) is 12.1 Å². The van der Waals surface area contributed by atoms with Crippen LogP contribution in [0.25, 0.3) is 11.4 Å². The standard InChI is InChI=1S/C24H33N7O4S/c1-15(2)35-20(21-26-11-17(4)12-27-21)18(5)36(32,33)30-23-29-28-22(19-9-16(3)10-25-13-19)31(23)24(7-8-24)14-34-6/h9-13,15,18,20H,7-8,14H2,1-6H3,(H,29,30). The first kappa shape index (κ1) is 26.1. The Balaban J connectivity index is 1.72. The number of nitrogens with one attached hydrogen (secondary N) is 1. The van der Waals surface area contributed by atoms with Gasteiger partial charge in [-0.05, 0) is 64.7 Å². The smallest absolute Gasteiger partial charge is 0.240 e. The zero-order valence-corrected chi connectivity index (χ0v) is 22.3. The minimum absolute atomic E-state index is 0.126. The number of rotatable bonds is 11. The average Bonchev–Trinajstić information content (AvgIpc) is 3.47. The number of aromatic nitrogens is 6. The maximum atomic E-state index is 13.6. The van der Waals surface area contributed by atoms with Crippen LogP contribution in [0.1, 0.15) is 56.7 Å². The van der Waals surface area contributed by atoms with Gasteiger partial charge in [-0.2, -0.15) is 0 Å². The van der Waals surface area contributed by atoms with Gasteiger partial charge in [-0.15, -0.1) is 10.2 Å². The van der Waals surface area contributed by atoms with Gasteiger partial charge in [0.05, 0.1) is 18.2 Å². The van der Waals surface area contributed by atoms with Crippen molar-refractivity contribution < 1.29 is 17.9 Å². The van der Waals surface area contributed by atoms with Crippen LogP contribution in [0.3, 0.4) is 0 Å². The zero-order valence-electron chi connectivity index (χ0n) is 21.5. The van der Waals surface area contributed by atoms with Crippen molar-refractivity contribution in [1.29, 1.82) is 0 Å². The first-order valence-electron chi connectivity index (χ1n) is 11.9. The summed E-state index contributed by atoms with van der Waals surface area (Å²) in [6.07, 6.45) is 7.24. The SMILES string of the molecule is COCC1(n2c(NS(=O)(=O)C(C)C(OC(C)C)c3ncc(C)cn3)nnc2-c2cncc(C)c2)CC1. The molecule has 11 nitrogen and oxygen atoms in total. The lowest BCUT2D eigenvalue weighted by atomic mass is 10.2. The van der Waals surface area contributed by atoms with Gasteiger partial charge in [-0.3, -0.25) is 14.3 Å². The third-order valence-electron chi connectivity index (χ3n) is 6.13. The molecule has 2 atom stereocenters. The highest BCUT2D eigenvalue weighted by molar-refractivity contribution is 7.93. The van der Waals surface area contributed by atoms with E-state index in [1.807, 2.05) is 38.3 Å². The summed E-state index contributed by atoms with van der Waals surface area (Å²) in [5.41, 5.74) is 2.14. The molecule has 12 heteroatoms. The fourth-order valence-corrected chi connectivity index (χ4v) is 5.20. The third-order valence-corrected chi connectivity index (χ3v) is 7.83. The van der Waals surface area contributed by atoms with Crippen molar-refractivity contribution in [2.75, 3.05) is 18.4 Å². The normalized spacial score (nSPS) is 16.6. The highest BCUT2D eigenvalue weighted by atomic mass is 32.2. The van der Waals surface area contributed by atoms with E-state index in [2.05, 4.69) is 29.9 Å². The lowest BCUT2D eigenvalue weighted by Gasteiger charge is -2.26. The second kappa shape index (κ2) is 10.2. The number of ether oxygens (including phenoxy) is 2. The Kier molecular flexibility index (Phi) is 7.39. The Hall–Kier alpha value is -2.96. The molecule has 0 aliphatic heterocycles. The summed E-state index contributed by atoms with van der Waals surface area (Å²) in [6.45, 7) is 9.46. The molecule has 0 amide bonds. The van der Waals surface area contributed by atoms with E-state index in [0.717, 1.165) is 29.5 Å². The Morgan fingerprint density at radius 3 is 2.33 bits per heavy atom. The second-order valence-corrected chi connectivity index (χ2v) is 11.7. The molecule has 2 unspecified atom stereocenters. The number of pyridine rings is 1. The maximum absolute atomic E-state index is 13.6. The fraction of sp³-hybridized carbons (Fsp3) is 0.542. The number of hydrogen-bond acceptors (Lipinski definition) is 9. The van der Waals surface area contributed by atoms with Crippen LogP contribution in [0.5, 0.6) is 0 Å². The van der Waals surface area contributed by atoms with Gasteiger partial charge in [0.15, 0.2) is 11.6 Å². The van der Waals surface area contributed by atoms with Gasteiger partial charge in [-0.1, -0.05) is 0 Å². The molecule has 3 heterocycles. The van der Waals surface area contributed by atoms with Gasteiger partial charge in [0.1, 0.15) is 11.4 Å². The molecule has 0 radical (unpaired) electrons. The molecule has 1 aliphatic rings. The van der Waals surface area contributed by atoms with E-state index < -0.39 is 26.9 Å². The molecule has 0 spiro atoms. The zero-order chi connectivity index (χ0) is 26.1. The molecule has 1 saturated carbocycles. The Morgan fingerprint density at radius 2 is 1.75 bits per heavy atom. The summed E-state index contributed by atoms with van der Waals surface area (Å²) in [4.78, 5) is 12.9. The van der Waals surface area contributed by atoms with Crippen LogP contribution in [0.15, 0.2) is 30.9 Å². The van der Waals surface area contributed by atoms with E-state index in [1.54, 1.807) is 38.8 Å². The average molecular weight is 516 g/mol. The van der Waals surface area contributed by atoms with E-state index in [0.29, 0.717) is 18.3 Å². The molecule has 36 heavy (non-hydrogen) atoms. The van der Waals surface area contributed by atoms with Crippen LogP contribution >= 0.6 is 0 Å². The number of anilines is 1. The van der Waals surface area contributed by atoms with Crippen molar-refractivity contribution in [3.63, 3.8) is 0 Å². The van der Waals surface area contributed by atoms with Crippen LogP contribution in [-0.4, -0.2) is 63.2 Å². The minimum Gasteiger partial charge on any atom is -0.382 e. The number of methoxy groups -OCH3 is 1. The van der Waals surface area contributed by atoms with Crippen molar-refractivity contribution >= 4 is 16.0 Å². The molecule has 1 aliphatic carbocycles. The number of sulfonamides is 1. The van der Waals surface area contributed by atoms with Crippen molar-refractivity contribution in [2.24, 2.45) is 0 Å². The van der Waals surface area contributed by atoms with Crippen LogP contribution in [0, 0.1) is 13.8 Å². The molecule has 194 valence electrons. The van der Waals surface area contributed by atoms with Crippen LogP contribution in [-0.2, 0) is 25.0 Å². The van der Waals surface area contributed by atoms with Crippen molar-refractivity contribution in [2.45, 2.75) is 70.5 Å². The minimum atomic E-state index is -4.00. The summed E-state index contributed by atoms with van der Waals surface area (Å²) in [6, 6.07) is 1.94. The summed E-state index contributed by atoms with van der Waals surface area (Å²) < 4.78 is 43.3. The van der Waals surface area contributed by atoms with Crippen molar-refractivity contribution in [3.05, 3.63) is 47.8 Å². The number of nitrogens with zero attached hydrogens (tertiary/aromatic N) is 6. The molecule has 0 bridgehead atoms. The molecule has 0 aromatic carbocycles. The quantitative estimate of drug-likeness (QED) is 0.408. The lowest BCUT2D eigenvalue weighted by molar-refractivity contribution is 0.00152. The van der Waals surface area contributed by atoms with Gasteiger partial charge >= 0.3 is 0 Å². The van der Waals surface area contributed by atoms with E-state index in [4.69, 9.17) is 9.47 Å². The molecular weight excluding hydrogens is 482 g/mol. The van der Waals surface area contributed by atoms with Crippen molar-refractivity contribution in [3.8, 4) is 11.4 Å². The largest absolute Gasteiger partial charge is 0.382 e. The number of aryl methyl sites for hydroxylation is 2. The van der Waals surface area contributed by atoms with Gasteiger partial charge in [0.25, 0.3) is 0 Å². The molecular formula is C24H33N7O4S. The summed E-state index contributed by atoms with van der Waals surface area (Å²) in [7, 11) is -2.37. The second-order valence-electron chi connectivity index (χ2n) is 9.67. The van der Waals surface area contributed by atoms with E-state index >= 15 is 0 Å². The predicted molar refractivity (Wildman–Crippen MR) is 135 cm³/mol. The first-order valence-corrected chi connectivity index (χ1v) is 13.4. The molecule has 1 fully saturated rings. The van der Waals surface area contributed by atoms with Gasteiger partial charge in [0, 0.05) is 37.5 Å². The van der Waals surface area contributed by atoms with Crippen LogP contribution < -0.4 is 4.72 Å². The molecule has 4 rings (SSSR count). The van der Waals surface area contributed by atoms with Crippen molar-refractivity contribution in [1.82, 2.24) is 29.7 Å². The predicted octanol–water partition coefficient (Wildman–Crippen LogP) is 3.18. The molecule has 0 saturated heterocycles. The van der Waals surface area contributed by atoms with Gasteiger partial charge in [0.2, 0.25) is 16.0 Å². The highest BCUT2D eigenvalue weighted by Crippen LogP contribution is 2.47. The van der Waals surface area contributed by atoms with Gasteiger partial charge in [-0.25, -0.2) is 18.4 Å². The summed E-state index contributed by atoms with van der Waals surface area (Å²) in [5.74, 6) is 0.960. The number of hydrogen-bond donors (Lipinski definition) is 1. The Labute approximate surface area is 211 Å².